The minimum atomic E-state index is -4.06. The monoisotopic (exact) mass is 540 g/mol. The van der Waals surface area contributed by atoms with Gasteiger partial charge in [-0.25, -0.2) is 8.42 Å². The highest BCUT2D eigenvalue weighted by Gasteiger charge is 2.27. The summed E-state index contributed by atoms with van der Waals surface area (Å²) < 4.78 is 39.0. The van der Waals surface area contributed by atoms with E-state index in [-0.39, 0.29) is 18.0 Å². The van der Waals surface area contributed by atoms with Crippen molar-refractivity contribution in [2.75, 3.05) is 42.5 Å². The van der Waals surface area contributed by atoms with Crippen molar-refractivity contribution in [3.05, 3.63) is 78.6 Å². The number of nitrogens with zero attached hydrogens (tertiary/aromatic N) is 2. The number of aromatic nitrogens is 1. The molecule has 11 heteroatoms. The van der Waals surface area contributed by atoms with Crippen LogP contribution in [0, 0.1) is 6.92 Å². The van der Waals surface area contributed by atoms with Crippen molar-refractivity contribution in [3.63, 3.8) is 0 Å². The maximum absolute atomic E-state index is 13.6. The van der Waals surface area contributed by atoms with Crippen LogP contribution in [0.4, 0.5) is 11.4 Å². The van der Waals surface area contributed by atoms with E-state index in [2.05, 4.69) is 15.6 Å². The first-order valence-corrected chi connectivity index (χ1v) is 13.6. The molecule has 1 heterocycles. The summed E-state index contributed by atoms with van der Waals surface area (Å²) in [6, 6.07) is 16.7. The second kappa shape index (κ2) is 14.0. The van der Waals surface area contributed by atoms with Crippen LogP contribution in [0.2, 0.25) is 0 Å². The van der Waals surface area contributed by atoms with Gasteiger partial charge in [0.1, 0.15) is 18.9 Å². The summed E-state index contributed by atoms with van der Waals surface area (Å²) in [6.07, 6.45) is 3.79. The van der Waals surface area contributed by atoms with Crippen molar-refractivity contribution >= 4 is 33.3 Å². The predicted molar refractivity (Wildman–Crippen MR) is 145 cm³/mol. The molecule has 2 N–H and O–H groups in total. The van der Waals surface area contributed by atoms with E-state index in [1.807, 2.05) is 19.1 Å². The fraction of sp³-hybridized carbons (Fsp3) is 0.296. The number of sulfonamides is 1. The highest BCUT2D eigenvalue weighted by molar-refractivity contribution is 7.92. The van der Waals surface area contributed by atoms with Gasteiger partial charge in [-0.1, -0.05) is 18.2 Å². The zero-order chi connectivity index (χ0) is 27.4. The fourth-order valence-corrected chi connectivity index (χ4v) is 4.95. The highest BCUT2D eigenvalue weighted by atomic mass is 32.2. The molecule has 0 aliphatic rings. The van der Waals surface area contributed by atoms with Gasteiger partial charge in [-0.2, -0.15) is 0 Å². The van der Waals surface area contributed by atoms with E-state index >= 15 is 0 Å². The third-order valence-electron chi connectivity index (χ3n) is 5.27. The number of hydrogen-bond donors (Lipinski definition) is 2. The Kier molecular flexibility index (Phi) is 10.5. The average molecular weight is 541 g/mol. The van der Waals surface area contributed by atoms with Crippen LogP contribution >= 0.6 is 0 Å². The molecule has 3 aromatic rings. The van der Waals surface area contributed by atoms with Gasteiger partial charge in [0.25, 0.3) is 10.0 Å². The first-order valence-electron chi connectivity index (χ1n) is 12.1. The second-order valence-corrected chi connectivity index (χ2v) is 10.2. The van der Waals surface area contributed by atoms with Crippen molar-refractivity contribution in [2.24, 2.45) is 0 Å². The maximum Gasteiger partial charge on any atom is 0.302 e. The Morgan fingerprint density at radius 3 is 2.42 bits per heavy atom. The molecule has 2 aromatic carbocycles. The third-order valence-corrected chi connectivity index (χ3v) is 7.06. The minimum Gasteiger partial charge on any atom is -0.492 e. The molecule has 0 spiro atoms. The lowest BCUT2D eigenvalue weighted by atomic mass is 10.2. The van der Waals surface area contributed by atoms with Crippen molar-refractivity contribution in [1.82, 2.24) is 10.3 Å². The molecule has 0 fully saturated rings. The first kappa shape index (κ1) is 28.5. The summed E-state index contributed by atoms with van der Waals surface area (Å²) in [4.78, 5) is 27.7. The summed E-state index contributed by atoms with van der Waals surface area (Å²) in [7, 11) is -4.06. The second-order valence-electron chi connectivity index (χ2n) is 8.38. The fourth-order valence-electron chi connectivity index (χ4n) is 3.53. The van der Waals surface area contributed by atoms with Crippen LogP contribution in [0.5, 0.6) is 5.75 Å². The Hall–Kier alpha value is -4.12. The normalized spacial score (nSPS) is 10.9. The number of esters is 1. The van der Waals surface area contributed by atoms with Gasteiger partial charge in [-0.3, -0.25) is 18.9 Å². The molecule has 0 aliphatic heterocycles. The number of pyridine rings is 1. The number of ether oxygens (including phenoxy) is 2. The van der Waals surface area contributed by atoms with Crippen molar-refractivity contribution in [3.8, 4) is 5.75 Å². The van der Waals surface area contributed by atoms with E-state index in [4.69, 9.17) is 9.47 Å². The minimum absolute atomic E-state index is 0.0631. The molecule has 0 saturated heterocycles. The Balaban J connectivity index is 1.75. The van der Waals surface area contributed by atoms with Crippen molar-refractivity contribution < 1.29 is 27.5 Å². The zero-order valence-corrected chi connectivity index (χ0v) is 22.2. The first-order chi connectivity index (χ1) is 18.3. The van der Waals surface area contributed by atoms with Crippen LogP contribution < -0.4 is 19.7 Å². The van der Waals surface area contributed by atoms with Gasteiger partial charge in [0.15, 0.2) is 0 Å². The van der Waals surface area contributed by atoms with E-state index in [1.165, 1.54) is 19.1 Å². The van der Waals surface area contributed by atoms with Crippen LogP contribution in [0.1, 0.15) is 18.9 Å². The quantitative estimate of drug-likeness (QED) is 0.236. The molecular formula is C27H32N4O6S. The van der Waals surface area contributed by atoms with Gasteiger partial charge in [-0.05, 0) is 55.3 Å². The number of anilines is 2. The standard InChI is InChI=1S/C27H32N4O6S/c1-21-17-24(19-25(18-21)37-16-14-29-23-9-12-28-13-10-23)31(38(34,35)26-7-4-3-5-8-26)20-27(33)30-11-6-15-36-22(2)32/h3-5,7-10,12-13,17-19H,6,11,14-16,20H2,1-2H3,(H,28,29)(H,30,33). The van der Waals surface area contributed by atoms with Crippen LogP contribution in [-0.2, 0) is 24.3 Å². The van der Waals surface area contributed by atoms with Crippen LogP contribution in [0.15, 0.2) is 78.0 Å². The predicted octanol–water partition coefficient (Wildman–Crippen LogP) is 3.15. The van der Waals surface area contributed by atoms with Crippen LogP contribution in [0.25, 0.3) is 0 Å². The van der Waals surface area contributed by atoms with E-state index in [9.17, 15) is 18.0 Å². The molecule has 0 aliphatic carbocycles. The zero-order valence-electron chi connectivity index (χ0n) is 21.4. The summed E-state index contributed by atoms with van der Waals surface area (Å²) in [5.41, 5.74) is 1.99. The number of carbonyl (C=O) groups excluding carboxylic acids is 2. The van der Waals surface area contributed by atoms with Crippen LogP contribution in [-0.4, -0.2) is 58.1 Å². The molecule has 0 saturated carbocycles. The maximum atomic E-state index is 13.6. The SMILES string of the molecule is CC(=O)OCCCNC(=O)CN(c1cc(C)cc(OCCNc2ccncc2)c1)S(=O)(=O)c1ccccc1. The topological polar surface area (TPSA) is 127 Å². The molecule has 38 heavy (non-hydrogen) atoms. The van der Waals surface area contributed by atoms with Crippen molar-refractivity contribution in [1.29, 1.82) is 0 Å². The molecule has 0 bridgehead atoms. The number of benzene rings is 2. The Bertz CT molecular complexity index is 1300. The van der Waals surface area contributed by atoms with E-state index < -0.39 is 28.4 Å². The summed E-state index contributed by atoms with van der Waals surface area (Å²) in [5.74, 6) is -0.411. The number of amides is 1. The van der Waals surface area contributed by atoms with Crippen LogP contribution in [0.3, 0.4) is 0 Å². The molecule has 202 valence electrons. The molecular weight excluding hydrogens is 508 g/mol. The number of aryl methyl sites for hydroxylation is 1. The summed E-state index contributed by atoms with van der Waals surface area (Å²) in [5, 5.41) is 5.91. The molecule has 10 nitrogen and oxygen atoms in total. The van der Waals surface area contributed by atoms with E-state index in [1.54, 1.807) is 48.8 Å². The summed E-state index contributed by atoms with van der Waals surface area (Å²) >= 11 is 0. The highest BCUT2D eigenvalue weighted by Crippen LogP contribution is 2.28. The Morgan fingerprint density at radius 1 is 0.974 bits per heavy atom. The van der Waals surface area contributed by atoms with E-state index in [0.29, 0.717) is 31.0 Å². The van der Waals surface area contributed by atoms with E-state index in [0.717, 1.165) is 15.6 Å². The number of nitrogens with one attached hydrogen (secondary N) is 2. The Labute approximate surface area is 223 Å². The van der Waals surface area contributed by atoms with Gasteiger partial charge in [0.2, 0.25) is 5.91 Å². The summed E-state index contributed by atoms with van der Waals surface area (Å²) in [6.45, 7) is 3.95. The average Bonchev–Trinajstić information content (AvgIpc) is 2.90. The molecule has 0 radical (unpaired) electrons. The smallest absolute Gasteiger partial charge is 0.302 e. The van der Waals surface area contributed by atoms with Gasteiger partial charge < -0.3 is 20.1 Å². The van der Waals surface area contributed by atoms with Gasteiger partial charge in [0.05, 0.1) is 17.2 Å². The molecule has 0 unspecified atom stereocenters. The lowest BCUT2D eigenvalue weighted by Crippen LogP contribution is -2.41. The Morgan fingerprint density at radius 2 is 1.71 bits per heavy atom. The number of carbonyl (C=O) groups is 2. The lowest BCUT2D eigenvalue weighted by molar-refractivity contribution is -0.141. The number of rotatable bonds is 14. The third kappa shape index (κ3) is 8.77. The van der Waals surface area contributed by atoms with Gasteiger partial charge >= 0.3 is 5.97 Å². The van der Waals surface area contributed by atoms with Gasteiger partial charge in [-0.15, -0.1) is 0 Å². The molecule has 1 aromatic heterocycles. The number of hydrogen-bond acceptors (Lipinski definition) is 8. The molecule has 1 amide bonds. The lowest BCUT2D eigenvalue weighted by Gasteiger charge is -2.25. The van der Waals surface area contributed by atoms with Gasteiger partial charge in [0, 0.05) is 44.2 Å². The largest absolute Gasteiger partial charge is 0.492 e. The molecule has 3 rings (SSSR count). The molecule has 0 atom stereocenters. The van der Waals surface area contributed by atoms with Crippen molar-refractivity contribution in [2.45, 2.75) is 25.2 Å².